The molecule has 1 heterocycles. The molecule has 0 bridgehead atoms. The van der Waals surface area contributed by atoms with Crippen LogP contribution in [0.1, 0.15) is 12.1 Å². The lowest BCUT2D eigenvalue weighted by atomic mass is 10.1. The highest BCUT2D eigenvalue weighted by molar-refractivity contribution is 5.80. The van der Waals surface area contributed by atoms with Crippen LogP contribution < -0.4 is 0 Å². The molecule has 0 saturated carbocycles. The SMILES string of the molecule is CN(C)CCC(=O)Cc1ccccn1. The van der Waals surface area contributed by atoms with Crippen LogP contribution in [0.2, 0.25) is 0 Å². The lowest BCUT2D eigenvalue weighted by molar-refractivity contribution is -0.118. The number of Topliss-reactive ketones (excluding diaryl/α,β-unsaturated/α-hetero) is 1. The quantitative estimate of drug-likeness (QED) is 0.701. The van der Waals surface area contributed by atoms with Gasteiger partial charge in [0.25, 0.3) is 0 Å². The molecule has 0 aromatic carbocycles. The van der Waals surface area contributed by atoms with Gasteiger partial charge in [0.2, 0.25) is 0 Å². The zero-order chi connectivity index (χ0) is 10.4. The van der Waals surface area contributed by atoms with E-state index in [-0.39, 0.29) is 5.78 Å². The van der Waals surface area contributed by atoms with E-state index in [1.54, 1.807) is 6.20 Å². The van der Waals surface area contributed by atoms with Crippen molar-refractivity contribution >= 4 is 5.78 Å². The molecule has 0 radical (unpaired) electrons. The van der Waals surface area contributed by atoms with Gasteiger partial charge in [-0.25, -0.2) is 0 Å². The Kier molecular flexibility index (Phi) is 4.26. The molecular weight excluding hydrogens is 176 g/mol. The van der Waals surface area contributed by atoms with Crippen LogP contribution in [0.25, 0.3) is 0 Å². The van der Waals surface area contributed by atoms with E-state index in [9.17, 15) is 4.79 Å². The Morgan fingerprint density at radius 2 is 2.21 bits per heavy atom. The fourth-order valence-electron chi connectivity index (χ4n) is 1.14. The number of carbonyl (C=O) groups is 1. The summed E-state index contributed by atoms with van der Waals surface area (Å²) in [5.41, 5.74) is 0.858. The van der Waals surface area contributed by atoms with Crippen LogP contribution in [0.3, 0.4) is 0 Å². The molecule has 0 unspecified atom stereocenters. The summed E-state index contributed by atoms with van der Waals surface area (Å²) >= 11 is 0. The minimum atomic E-state index is 0.248. The van der Waals surface area contributed by atoms with Gasteiger partial charge in [-0.1, -0.05) is 6.07 Å². The Morgan fingerprint density at radius 1 is 1.43 bits per heavy atom. The summed E-state index contributed by atoms with van der Waals surface area (Å²) < 4.78 is 0. The average Bonchev–Trinajstić information content (AvgIpc) is 2.16. The molecule has 0 N–H and O–H groups in total. The summed E-state index contributed by atoms with van der Waals surface area (Å²) in [4.78, 5) is 17.6. The van der Waals surface area contributed by atoms with Gasteiger partial charge in [-0.15, -0.1) is 0 Å². The summed E-state index contributed by atoms with van der Waals surface area (Å²) in [7, 11) is 3.93. The first-order valence-corrected chi connectivity index (χ1v) is 4.75. The van der Waals surface area contributed by atoms with E-state index in [1.807, 2.05) is 37.2 Å². The number of pyridine rings is 1. The average molecular weight is 192 g/mol. The highest BCUT2D eigenvalue weighted by atomic mass is 16.1. The van der Waals surface area contributed by atoms with Crippen molar-refractivity contribution in [2.75, 3.05) is 20.6 Å². The molecule has 1 aromatic heterocycles. The molecule has 0 aliphatic carbocycles. The molecule has 0 aliphatic rings. The van der Waals surface area contributed by atoms with Crippen molar-refractivity contribution in [3.8, 4) is 0 Å². The Morgan fingerprint density at radius 3 is 2.79 bits per heavy atom. The molecular formula is C11H16N2O. The normalized spacial score (nSPS) is 10.5. The maximum Gasteiger partial charge on any atom is 0.140 e. The van der Waals surface area contributed by atoms with Crippen LogP contribution in [0.4, 0.5) is 0 Å². The van der Waals surface area contributed by atoms with Gasteiger partial charge >= 0.3 is 0 Å². The predicted octanol–water partition coefficient (Wildman–Crippen LogP) is 1.14. The van der Waals surface area contributed by atoms with E-state index in [4.69, 9.17) is 0 Å². The van der Waals surface area contributed by atoms with Gasteiger partial charge in [0.05, 0.1) is 0 Å². The highest BCUT2D eigenvalue weighted by Crippen LogP contribution is 1.98. The molecule has 0 fully saturated rings. The van der Waals surface area contributed by atoms with Crippen molar-refractivity contribution in [3.63, 3.8) is 0 Å². The zero-order valence-corrected chi connectivity index (χ0v) is 8.73. The number of carbonyl (C=O) groups excluding carboxylic acids is 1. The van der Waals surface area contributed by atoms with Crippen LogP contribution in [0.15, 0.2) is 24.4 Å². The van der Waals surface area contributed by atoms with E-state index < -0.39 is 0 Å². The summed E-state index contributed by atoms with van der Waals surface area (Å²) in [6.45, 7) is 0.811. The molecule has 3 heteroatoms. The lowest BCUT2D eigenvalue weighted by Crippen LogP contribution is -2.17. The van der Waals surface area contributed by atoms with Crippen molar-refractivity contribution in [1.82, 2.24) is 9.88 Å². The first-order valence-electron chi connectivity index (χ1n) is 4.75. The van der Waals surface area contributed by atoms with Gasteiger partial charge in [0.15, 0.2) is 0 Å². The summed E-state index contributed by atoms with van der Waals surface area (Å²) in [5, 5.41) is 0. The standard InChI is InChI=1S/C11H16N2O/c1-13(2)8-6-11(14)9-10-5-3-4-7-12-10/h3-5,7H,6,8-9H2,1-2H3. The smallest absolute Gasteiger partial charge is 0.140 e. The maximum absolute atomic E-state index is 11.5. The van der Waals surface area contributed by atoms with Crippen molar-refractivity contribution < 1.29 is 4.79 Å². The summed E-state index contributed by atoms with van der Waals surface area (Å²) in [5.74, 6) is 0.248. The molecule has 3 nitrogen and oxygen atoms in total. The van der Waals surface area contributed by atoms with Crippen molar-refractivity contribution in [3.05, 3.63) is 30.1 Å². The van der Waals surface area contributed by atoms with E-state index in [0.29, 0.717) is 12.8 Å². The molecule has 0 amide bonds. The number of nitrogens with zero attached hydrogens (tertiary/aromatic N) is 2. The van der Waals surface area contributed by atoms with Gasteiger partial charge < -0.3 is 4.90 Å². The second-order valence-corrected chi connectivity index (χ2v) is 3.59. The van der Waals surface area contributed by atoms with Gasteiger partial charge in [-0.2, -0.15) is 0 Å². The number of hydrogen-bond acceptors (Lipinski definition) is 3. The van der Waals surface area contributed by atoms with Gasteiger partial charge in [0, 0.05) is 31.3 Å². The monoisotopic (exact) mass is 192 g/mol. The van der Waals surface area contributed by atoms with Gasteiger partial charge in [-0.05, 0) is 26.2 Å². The number of rotatable bonds is 5. The summed E-state index contributed by atoms with van der Waals surface area (Å²) in [6.07, 6.45) is 2.77. The second kappa shape index (κ2) is 5.50. The molecule has 0 aliphatic heterocycles. The molecule has 0 spiro atoms. The molecule has 0 atom stereocenters. The van der Waals surface area contributed by atoms with E-state index in [2.05, 4.69) is 4.98 Å². The molecule has 0 saturated heterocycles. The Balaban J connectivity index is 2.35. The highest BCUT2D eigenvalue weighted by Gasteiger charge is 2.04. The Hall–Kier alpha value is -1.22. The summed E-state index contributed by atoms with van der Waals surface area (Å²) in [6, 6.07) is 5.64. The third kappa shape index (κ3) is 4.14. The Bertz CT molecular complexity index is 283. The maximum atomic E-state index is 11.5. The minimum Gasteiger partial charge on any atom is -0.309 e. The molecule has 1 rings (SSSR count). The number of hydrogen-bond donors (Lipinski definition) is 0. The third-order valence-electron chi connectivity index (χ3n) is 1.94. The van der Waals surface area contributed by atoms with Gasteiger partial charge in [0.1, 0.15) is 5.78 Å². The van der Waals surface area contributed by atoms with E-state index in [1.165, 1.54) is 0 Å². The first kappa shape index (κ1) is 10.9. The third-order valence-corrected chi connectivity index (χ3v) is 1.94. The van der Waals surface area contributed by atoms with E-state index >= 15 is 0 Å². The molecule has 76 valence electrons. The predicted molar refractivity (Wildman–Crippen MR) is 56.1 cm³/mol. The largest absolute Gasteiger partial charge is 0.309 e. The fourth-order valence-corrected chi connectivity index (χ4v) is 1.14. The topological polar surface area (TPSA) is 33.2 Å². The minimum absolute atomic E-state index is 0.248. The first-order chi connectivity index (χ1) is 6.68. The second-order valence-electron chi connectivity index (χ2n) is 3.59. The van der Waals surface area contributed by atoms with E-state index in [0.717, 1.165) is 12.2 Å². The van der Waals surface area contributed by atoms with Crippen LogP contribution >= 0.6 is 0 Å². The number of aromatic nitrogens is 1. The lowest BCUT2D eigenvalue weighted by Gasteiger charge is -2.07. The fraction of sp³-hybridized carbons (Fsp3) is 0.455. The van der Waals surface area contributed by atoms with Gasteiger partial charge in [-0.3, -0.25) is 9.78 Å². The van der Waals surface area contributed by atoms with Crippen molar-refractivity contribution in [2.45, 2.75) is 12.8 Å². The Labute approximate surface area is 84.8 Å². The van der Waals surface area contributed by atoms with Crippen LogP contribution in [0, 0.1) is 0 Å². The van der Waals surface area contributed by atoms with Crippen LogP contribution in [0.5, 0.6) is 0 Å². The van der Waals surface area contributed by atoms with Crippen LogP contribution in [-0.4, -0.2) is 36.3 Å². The van der Waals surface area contributed by atoms with Crippen LogP contribution in [-0.2, 0) is 11.2 Å². The number of ketones is 1. The molecule has 14 heavy (non-hydrogen) atoms. The zero-order valence-electron chi connectivity index (χ0n) is 8.73. The van der Waals surface area contributed by atoms with Crippen molar-refractivity contribution in [2.24, 2.45) is 0 Å². The van der Waals surface area contributed by atoms with Crippen molar-refractivity contribution in [1.29, 1.82) is 0 Å². The molecule has 1 aromatic rings.